The van der Waals surface area contributed by atoms with Crippen LogP contribution in [0.25, 0.3) is 0 Å². The normalized spacial score (nSPS) is 17.5. The van der Waals surface area contributed by atoms with Crippen molar-refractivity contribution in [2.24, 2.45) is 5.92 Å². The Labute approximate surface area is 118 Å². The van der Waals surface area contributed by atoms with Crippen LogP contribution < -0.4 is 4.90 Å². The molecule has 2 heterocycles. The molecule has 0 bridgehead atoms. The van der Waals surface area contributed by atoms with Gasteiger partial charge in [-0.1, -0.05) is 13.8 Å². The van der Waals surface area contributed by atoms with Gasteiger partial charge < -0.3 is 4.90 Å². The zero-order valence-corrected chi connectivity index (χ0v) is 13.1. The van der Waals surface area contributed by atoms with Crippen molar-refractivity contribution in [3.8, 4) is 0 Å². The Morgan fingerprint density at radius 2 is 1.94 bits per heavy atom. The standard InChI is InChI=1S/C14H22BrN3/c1-11(2)10-17-4-6-18(7-5-17)14-12(3)8-13(15)9-16-14/h8-9,11H,4-7,10H2,1-3H3. The minimum absolute atomic E-state index is 0.754. The topological polar surface area (TPSA) is 19.4 Å². The molecule has 1 aromatic rings. The summed E-state index contributed by atoms with van der Waals surface area (Å²) in [5, 5.41) is 0. The molecule has 100 valence electrons. The van der Waals surface area contributed by atoms with Crippen molar-refractivity contribution < 1.29 is 0 Å². The number of pyridine rings is 1. The van der Waals surface area contributed by atoms with Crippen molar-refractivity contribution in [3.63, 3.8) is 0 Å². The molecule has 0 N–H and O–H groups in total. The Balaban J connectivity index is 1.97. The number of aromatic nitrogens is 1. The molecule has 1 saturated heterocycles. The summed E-state index contributed by atoms with van der Waals surface area (Å²) in [7, 11) is 0. The first-order valence-electron chi connectivity index (χ1n) is 6.65. The Kier molecular flexibility index (Phi) is 4.62. The summed E-state index contributed by atoms with van der Waals surface area (Å²) < 4.78 is 1.06. The molecule has 0 aliphatic carbocycles. The van der Waals surface area contributed by atoms with E-state index in [4.69, 9.17) is 0 Å². The Morgan fingerprint density at radius 1 is 1.28 bits per heavy atom. The number of halogens is 1. The van der Waals surface area contributed by atoms with Gasteiger partial charge in [-0.25, -0.2) is 4.98 Å². The average Bonchev–Trinajstić information content (AvgIpc) is 2.30. The smallest absolute Gasteiger partial charge is 0.131 e. The van der Waals surface area contributed by atoms with Crippen LogP contribution in [-0.4, -0.2) is 42.6 Å². The Hall–Kier alpha value is -0.610. The first kappa shape index (κ1) is 13.8. The van der Waals surface area contributed by atoms with Gasteiger partial charge in [0.2, 0.25) is 0 Å². The highest BCUT2D eigenvalue weighted by Gasteiger charge is 2.19. The van der Waals surface area contributed by atoms with Crippen LogP contribution in [0.4, 0.5) is 5.82 Å². The van der Waals surface area contributed by atoms with Crippen LogP contribution in [0.2, 0.25) is 0 Å². The van der Waals surface area contributed by atoms with Crippen molar-refractivity contribution in [2.45, 2.75) is 20.8 Å². The van der Waals surface area contributed by atoms with Gasteiger partial charge in [-0.3, -0.25) is 4.90 Å². The maximum atomic E-state index is 4.55. The third kappa shape index (κ3) is 3.45. The molecule has 0 aromatic carbocycles. The number of nitrogens with zero attached hydrogens (tertiary/aromatic N) is 3. The zero-order valence-electron chi connectivity index (χ0n) is 11.5. The van der Waals surface area contributed by atoms with Crippen LogP contribution in [-0.2, 0) is 0 Å². The molecular formula is C14H22BrN3. The highest BCUT2D eigenvalue weighted by atomic mass is 79.9. The van der Waals surface area contributed by atoms with Crippen molar-refractivity contribution in [3.05, 3.63) is 22.3 Å². The highest BCUT2D eigenvalue weighted by molar-refractivity contribution is 9.10. The van der Waals surface area contributed by atoms with Gasteiger partial charge in [0.05, 0.1) is 0 Å². The molecule has 0 radical (unpaired) electrons. The second kappa shape index (κ2) is 6.02. The fourth-order valence-electron chi connectivity index (χ4n) is 2.52. The number of hydrogen-bond donors (Lipinski definition) is 0. The van der Waals surface area contributed by atoms with E-state index in [0.717, 1.165) is 42.4 Å². The van der Waals surface area contributed by atoms with Crippen molar-refractivity contribution >= 4 is 21.7 Å². The first-order chi connectivity index (χ1) is 8.56. The quantitative estimate of drug-likeness (QED) is 0.855. The summed E-state index contributed by atoms with van der Waals surface area (Å²) in [5.41, 5.74) is 1.25. The maximum absolute atomic E-state index is 4.55. The lowest BCUT2D eigenvalue weighted by Gasteiger charge is -2.36. The minimum atomic E-state index is 0.754. The van der Waals surface area contributed by atoms with Gasteiger partial charge in [0.1, 0.15) is 5.82 Å². The summed E-state index contributed by atoms with van der Waals surface area (Å²) in [4.78, 5) is 9.50. The van der Waals surface area contributed by atoms with Gasteiger partial charge in [-0.2, -0.15) is 0 Å². The lowest BCUT2D eigenvalue weighted by Crippen LogP contribution is -2.47. The van der Waals surface area contributed by atoms with Gasteiger partial charge >= 0.3 is 0 Å². The molecule has 0 saturated carbocycles. The van der Waals surface area contributed by atoms with Crippen LogP contribution >= 0.6 is 15.9 Å². The lowest BCUT2D eigenvalue weighted by atomic mass is 10.2. The molecule has 2 rings (SSSR count). The van der Waals surface area contributed by atoms with Gasteiger partial charge in [0.25, 0.3) is 0 Å². The monoisotopic (exact) mass is 311 g/mol. The van der Waals surface area contributed by atoms with Gasteiger partial charge in [-0.15, -0.1) is 0 Å². The summed E-state index contributed by atoms with van der Waals surface area (Å²) >= 11 is 3.47. The van der Waals surface area contributed by atoms with Crippen LogP contribution in [0, 0.1) is 12.8 Å². The van der Waals surface area contributed by atoms with Crippen LogP contribution in [0.15, 0.2) is 16.7 Å². The van der Waals surface area contributed by atoms with Crippen molar-refractivity contribution in [1.29, 1.82) is 0 Å². The summed E-state index contributed by atoms with van der Waals surface area (Å²) in [5.74, 6) is 1.89. The Bertz CT molecular complexity index is 398. The molecule has 4 heteroatoms. The molecule has 0 unspecified atom stereocenters. The number of anilines is 1. The zero-order chi connectivity index (χ0) is 13.1. The van der Waals surface area contributed by atoms with Crippen LogP contribution in [0.3, 0.4) is 0 Å². The predicted octanol–water partition coefficient (Wildman–Crippen LogP) is 2.93. The molecule has 1 aliphatic rings. The maximum Gasteiger partial charge on any atom is 0.131 e. The third-order valence-electron chi connectivity index (χ3n) is 3.31. The first-order valence-corrected chi connectivity index (χ1v) is 7.45. The van der Waals surface area contributed by atoms with Crippen LogP contribution in [0.1, 0.15) is 19.4 Å². The molecule has 1 fully saturated rings. The second-order valence-electron chi connectivity index (χ2n) is 5.48. The fourth-order valence-corrected chi connectivity index (χ4v) is 2.97. The second-order valence-corrected chi connectivity index (χ2v) is 6.39. The highest BCUT2D eigenvalue weighted by Crippen LogP contribution is 2.21. The lowest BCUT2D eigenvalue weighted by molar-refractivity contribution is 0.231. The minimum Gasteiger partial charge on any atom is -0.354 e. The molecule has 1 aliphatic heterocycles. The van der Waals surface area contributed by atoms with Crippen LogP contribution in [0.5, 0.6) is 0 Å². The van der Waals surface area contributed by atoms with E-state index < -0.39 is 0 Å². The summed E-state index contributed by atoms with van der Waals surface area (Å²) in [6.45, 7) is 12.4. The largest absolute Gasteiger partial charge is 0.354 e. The number of piperazine rings is 1. The SMILES string of the molecule is Cc1cc(Br)cnc1N1CCN(CC(C)C)CC1. The van der Waals surface area contributed by atoms with E-state index in [1.165, 1.54) is 12.1 Å². The van der Waals surface area contributed by atoms with Crippen molar-refractivity contribution in [1.82, 2.24) is 9.88 Å². The predicted molar refractivity (Wildman–Crippen MR) is 80.2 cm³/mol. The molecule has 3 nitrogen and oxygen atoms in total. The molecule has 0 spiro atoms. The van der Waals surface area contributed by atoms with E-state index in [0.29, 0.717) is 0 Å². The molecule has 1 aromatic heterocycles. The van der Waals surface area contributed by atoms with E-state index in [1.807, 2.05) is 6.20 Å². The average molecular weight is 312 g/mol. The number of aryl methyl sites for hydroxylation is 1. The third-order valence-corrected chi connectivity index (χ3v) is 3.75. The fraction of sp³-hybridized carbons (Fsp3) is 0.643. The van der Waals surface area contributed by atoms with E-state index in [1.54, 1.807) is 0 Å². The molecule has 0 atom stereocenters. The van der Waals surface area contributed by atoms with E-state index in [2.05, 4.69) is 57.6 Å². The van der Waals surface area contributed by atoms with E-state index >= 15 is 0 Å². The van der Waals surface area contributed by atoms with Crippen molar-refractivity contribution in [2.75, 3.05) is 37.6 Å². The molecule has 18 heavy (non-hydrogen) atoms. The molecular weight excluding hydrogens is 290 g/mol. The van der Waals surface area contributed by atoms with E-state index in [9.17, 15) is 0 Å². The summed E-state index contributed by atoms with van der Waals surface area (Å²) in [6.07, 6.45) is 1.89. The van der Waals surface area contributed by atoms with Gasteiger partial charge in [-0.05, 0) is 40.4 Å². The van der Waals surface area contributed by atoms with Gasteiger partial charge in [0.15, 0.2) is 0 Å². The van der Waals surface area contributed by atoms with Gasteiger partial charge in [0, 0.05) is 43.4 Å². The number of hydrogen-bond acceptors (Lipinski definition) is 3. The van der Waals surface area contributed by atoms with E-state index in [-0.39, 0.29) is 0 Å². The summed E-state index contributed by atoms with van der Waals surface area (Å²) in [6, 6.07) is 2.14. The Morgan fingerprint density at radius 3 is 2.50 bits per heavy atom. The number of rotatable bonds is 3. The molecule has 0 amide bonds.